The van der Waals surface area contributed by atoms with Crippen LogP contribution in [0.15, 0.2) is 42.5 Å². The number of ketones is 1. The molecule has 0 saturated carbocycles. The zero-order valence-corrected chi connectivity index (χ0v) is 16.1. The summed E-state index contributed by atoms with van der Waals surface area (Å²) in [4.78, 5) is 26.2. The summed E-state index contributed by atoms with van der Waals surface area (Å²) in [6, 6.07) is 12.9. The zero-order valence-electron chi connectivity index (χ0n) is 16.1. The van der Waals surface area contributed by atoms with Crippen LogP contribution in [0.2, 0.25) is 0 Å². The fraction of sp³-hybridized carbons (Fsp3) is 0.333. The number of anilines is 1. The van der Waals surface area contributed by atoms with Crippen molar-refractivity contribution in [2.24, 2.45) is 0 Å². The number of fused-ring (bicyclic) bond motifs is 1. The van der Waals surface area contributed by atoms with Crippen molar-refractivity contribution in [2.45, 2.75) is 13.3 Å². The van der Waals surface area contributed by atoms with E-state index in [0.717, 1.165) is 12.2 Å². The Morgan fingerprint density at radius 2 is 1.86 bits per heavy atom. The largest absolute Gasteiger partial charge is 0.494 e. The Hall–Kier alpha value is -3.06. The number of rotatable bonds is 9. The highest BCUT2D eigenvalue weighted by molar-refractivity contribution is 6.05. The fourth-order valence-electron chi connectivity index (χ4n) is 2.89. The van der Waals surface area contributed by atoms with Crippen molar-refractivity contribution in [3.8, 4) is 17.2 Å². The number of nitrogens with zero attached hydrogens (tertiary/aromatic N) is 1. The molecular weight excluding hydrogens is 360 g/mol. The summed E-state index contributed by atoms with van der Waals surface area (Å²) in [5, 5.41) is 2.80. The highest BCUT2D eigenvalue weighted by Crippen LogP contribution is 2.37. The molecule has 1 aliphatic heterocycles. The molecule has 0 fully saturated rings. The van der Waals surface area contributed by atoms with Crippen LogP contribution in [0.1, 0.15) is 23.7 Å². The number of hydrogen-bond acceptors (Lipinski definition) is 6. The molecule has 2 aromatic carbocycles. The van der Waals surface area contributed by atoms with Crippen LogP contribution < -0.4 is 19.5 Å². The lowest BCUT2D eigenvalue weighted by Gasteiger charge is -2.17. The van der Waals surface area contributed by atoms with E-state index in [1.807, 2.05) is 42.3 Å². The average Bonchev–Trinajstić information content (AvgIpc) is 3.12. The highest BCUT2D eigenvalue weighted by Gasteiger charge is 2.20. The van der Waals surface area contributed by atoms with E-state index in [-0.39, 0.29) is 25.0 Å². The van der Waals surface area contributed by atoms with Gasteiger partial charge in [0.25, 0.3) is 0 Å². The molecule has 0 bridgehead atoms. The lowest BCUT2D eigenvalue weighted by molar-refractivity contribution is -0.117. The SMILES string of the molecule is CC(=O)c1cc2c(cc1NC(=O)CN(C)CCCOc1ccccc1)OCO2. The number of nitrogens with one attached hydrogen (secondary N) is 1. The molecule has 0 aliphatic carbocycles. The smallest absolute Gasteiger partial charge is 0.238 e. The summed E-state index contributed by atoms with van der Waals surface area (Å²) in [5.74, 6) is 1.51. The lowest BCUT2D eigenvalue weighted by Crippen LogP contribution is -2.31. The molecule has 1 N–H and O–H groups in total. The summed E-state index contributed by atoms with van der Waals surface area (Å²) in [6.45, 7) is 3.05. The van der Waals surface area contributed by atoms with Crippen LogP contribution in [-0.4, -0.2) is 50.1 Å². The minimum Gasteiger partial charge on any atom is -0.494 e. The van der Waals surface area contributed by atoms with Gasteiger partial charge in [0.1, 0.15) is 5.75 Å². The molecule has 0 atom stereocenters. The topological polar surface area (TPSA) is 77.1 Å². The van der Waals surface area contributed by atoms with Crippen LogP contribution in [0.5, 0.6) is 17.2 Å². The molecule has 7 nitrogen and oxygen atoms in total. The van der Waals surface area contributed by atoms with Gasteiger partial charge in [-0.05, 0) is 38.6 Å². The predicted octanol–water partition coefficient (Wildman–Crippen LogP) is 2.96. The minimum atomic E-state index is -0.201. The molecule has 0 aromatic heterocycles. The summed E-state index contributed by atoms with van der Waals surface area (Å²) in [6.07, 6.45) is 0.793. The molecule has 0 unspecified atom stereocenters. The van der Waals surface area contributed by atoms with Crippen LogP contribution >= 0.6 is 0 Å². The lowest BCUT2D eigenvalue weighted by atomic mass is 10.1. The Morgan fingerprint density at radius 3 is 2.57 bits per heavy atom. The van der Waals surface area contributed by atoms with E-state index in [0.29, 0.717) is 35.9 Å². The number of hydrogen-bond donors (Lipinski definition) is 1. The normalized spacial score (nSPS) is 12.1. The third kappa shape index (κ3) is 5.23. The molecule has 0 spiro atoms. The van der Waals surface area contributed by atoms with Gasteiger partial charge in [0.05, 0.1) is 18.8 Å². The van der Waals surface area contributed by atoms with E-state index in [1.165, 1.54) is 6.92 Å². The fourth-order valence-corrected chi connectivity index (χ4v) is 2.89. The second-order valence-electron chi connectivity index (χ2n) is 6.61. The molecule has 1 aliphatic rings. The van der Waals surface area contributed by atoms with E-state index < -0.39 is 0 Å². The van der Waals surface area contributed by atoms with Crippen LogP contribution in [0.25, 0.3) is 0 Å². The van der Waals surface area contributed by atoms with Gasteiger partial charge in [-0.2, -0.15) is 0 Å². The molecular formula is C21H24N2O5. The second kappa shape index (κ2) is 9.23. The van der Waals surface area contributed by atoms with E-state index >= 15 is 0 Å². The van der Waals surface area contributed by atoms with Gasteiger partial charge in [-0.1, -0.05) is 18.2 Å². The average molecular weight is 384 g/mol. The summed E-state index contributed by atoms with van der Waals surface area (Å²) < 4.78 is 16.3. The van der Waals surface area contributed by atoms with Gasteiger partial charge >= 0.3 is 0 Å². The van der Waals surface area contributed by atoms with Gasteiger partial charge < -0.3 is 19.5 Å². The number of carbonyl (C=O) groups excluding carboxylic acids is 2. The van der Waals surface area contributed by atoms with Crippen molar-refractivity contribution in [1.82, 2.24) is 4.90 Å². The van der Waals surface area contributed by atoms with Crippen LogP contribution in [-0.2, 0) is 4.79 Å². The first kappa shape index (κ1) is 19.7. The first-order chi connectivity index (χ1) is 13.5. The molecule has 1 heterocycles. The van der Waals surface area contributed by atoms with Gasteiger partial charge in [-0.3, -0.25) is 14.5 Å². The highest BCUT2D eigenvalue weighted by atomic mass is 16.7. The summed E-state index contributed by atoms with van der Waals surface area (Å²) in [5.41, 5.74) is 0.832. The molecule has 148 valence electrons. The molecule has 2 aromatic rings. The van der Waals surface area contributed by atoms with Gasteiger partial charge in [0.2, 0.25) is 12.7 Å². The summed E-state index contributed by atoms with van der Waals surface area (Å²) in [7, 11) is 1.87. The van der Waals surface area contributed by atoms with Gasteiger partial charge in [-0.25, -0.2) is 0 Å². The van der Waals surface area contributed by atoms with E-state index in [4.69, 9.17) is 14.2 Å². The Bertz CT molecular complexity index is 838. The third-order valence-corrected chi connectivity index (χ3v) is 4.28. The number of benzene rings is 2. The first-order valence-electron chi connectivity index (χ1n) is 9.14. The van der Waals surface area contributed by atoms with Gasteiger partial charge in [0.15, 0.2) is 17.3 Å². The molecule has 28 heavy (non-hydrogen) atoms. The Morgan fingerprint density at radius 1 is 1.14 bits per heavy atom. The Kier molecular flexibility index (Phi) is 6.49. The van der Waals surface area contributed by atoms with E-state index in [2.05, 4.69) is 5.32 Å². The second-order valence-corrected chi connectivity index (χ2v) is 6.61. The van der Waals surface area contributed by atoms with Crippen LogP contribution in [0.4, 0.5) is 5.69 Å². The number of ether oxygens (including phenoxy) is 3. The van der Waals surface area contributed by atoms with Crippen molar-refractivity contribution in [2.75, 3.05) is 38.9 Å². The van der Waals surface area contributed by atoms with Crippen molar-refractivity contribution >= 4 is 17.4 Å². The van der Waals surface area contributed by atoms with Gasteiger partial charge in [-0.15, -0.1) is 0 Å². The minimum absolute atomic E-state index is 0.109. The standard InChI is InChI=1S/C21H24N2O5/c1-15(24)17-11-19-20(28-14-27-19)12-18(17)22-21(25)13-23(2)9-6-10-26-16-7-4-3-5-8-16/h3-5,7-8,11-12H,6,9-10,13-14H2,1-2H3,(H,22,25). The maximum Gasteiger partial charge on any atom is 0.238 e. The quantitative estimate of drug-likeness (QED) is 0.529. The van der Waals surface area contributed by atoms with Crippen molar-refractivity contribution < 1.29 is 23.8 Å². The number of amides is 1. The molecule has 3 rings (SSSR count). The Labute approximate surface area is 164 Å². The van der Waals surface area contributed by atoms with Gasteiger partial charge in [0, 0.05) is 18.2 Å². The third-order valence-electron chi connectivity index (χ3n) is 4.28. The predicted molar refractivity (Wildman–Crippen MR) is 105 cm³/mol. The maximum atomic E-state index is 12.4. The number of para-hydroxylation sites is 1. The molecule has 7 heteroatoms. The zero-order chi connectivity index (χ0) is 19.9. The Balaban J connectivity index is 1.48. The summed E-state index contributed by atoms with van der Waals surface area (Å²) >= 11 is 0. The van der Waals surface area contributed by atoms with E-state index in [9.17, 15) is 9.59 Å². The number of likely N-dealkylation sites (N-methyl/N-ethyl adjacent to an activating group) is 1. The van der Waals surface area contributed by atoms with Crippen molar-refractivity contribution in [3.05, 3.63) is 48.0 Å². The molecule has 1 amide bonds. The number of carbonyl (C=O) groups is 2. The molecule has 0 saturated heterocycles. The van der Waals surface area contributed by atoms with Crippen molar-refractivity contribution in [1.29, 1.82) is 0 Å². The van der Waals surface area contributed by atoms with Crippen molar-refractivity contribution in [3.63, 3.8) is 0 Å². The maximum absolute atomic E-state index is 12.4. The monoisotopic (exact) mass is 384 g/mol. The number of Topliss-reactive ketones (excluding diaryl/α,β-unsaturated/α-hetero) is 1. The van der Waals surface area contributed by atoms with Crippen LogP contribution in [0.3, 0.4) is 0 Å². The van der Waals surface area contributed by atoms with Crippen LogP contribution in [0, 0.1) is 0 Å². The van der Waals surface area contributed by atoms with E-state index in [1.54, 1.807) is 12.1 Å². The first-order valence-corrected chi connectivity index (χ1v) is 9.14. The molecule has 0 radical (unpaired) electrons.